The van der Waals surface area contributed by atoms with Crippen LogP contribution in [0.1, 0.15) is 0 Å². The van der Waals surface area contributed by atoms with Crippen LogP contribution in [0.3, 0.4) is 0 Å². The third-order valence-corrected chi connectivity index (χ3v) is 6.24. The molecule has 0 unspecified atom stereocenters. The van der Waals surface area contributed by atoms with Gasteiger partial charge in [0.05, 0.1) is 34.5 Å². The van der Waals surface area contributed by atoms with Gasteiger partial charge in [-0.05, 0) is 30.3 Å². The van der Waals surface area contributed by atoms with E-state index in [1.807, 2.05) is 28.8 Å². The van der Waals surface area contributed by atoms with Crippen LogP contribution >= 0.6 is 11.8 Å². The number of benzene rings is 3. The maximum atomic E-state index is 12.7. The number of methoxy groups -OCH3 is 1. The molecule has 0 saturated heterocycles. The number of carbonyl (C=O) groups excluding carboxylic acids is 1. The van der Waals surface area contributed by atoms with Gasteiger partial charge >= 0.3 is 0 Å². The largest absolute Gasteiger partial charge is 0.495 e. The van der Waals surface area contributed by atoms with Crippen molar-refractivity contribution in [3.63, 3.8) is 0 Å². The van der Waals surface area contributed by atoms with E-state index < -0.39 is 4.92 Å². The summed E-state index contributed by atoms with van der Waals surface area (Å²) in [4.78, 5) is 28.1. The molecule has 1 N–H and O–H groups in total. The Balaban J connectivity index is 1.43. The molecule has 0 bridgehead atoms. The lowest BCUT2D eigenvalue weighted by Gasteiger charge is -2.19. The van der Waals surface area contributed by atoms with Crippen molar-refractivity contribution in [1.29, 1.82) is 0 Å². The molecule has 0 aliphatic carbocycles. The number of hydrogen-bond donors (Lipinski definition) is 1. The maximum absolute atomic E-state index is 12.7. The summed E-state index contributed by atoms with van der Waals surface area (Å²) in [5.74, 6) is 1.66. The predicted molar refractivity (Wildman–Crippen MR) is 131 cm³/mol. The number of imidazole rings is 1. The molecule has 0 atom stereocenters. The molecule has 35 heavy (non-hydrogen) atoms. The molecule has 178 valence electrons. The number of carbonyl (C=O) groups is 1. The van der Waals surface area contributed by atoms with E-state index in [0.717, 1.165) is 0 Å². The van der Waals surface area contributed by atoms with Crippen LogP contribution in [-0.2, 0) is 4.79 Å². The van der Waals surface area contributed by atoms with Crippen LogP contribution in [0.4, 0.5) is 11.4 Å². The van der Waals surface area contributed by atoms with Gasteiger partial charge in [-0.15, -0.1) is 0 Å². The van der Waals surface area contributed by atoms with Gasteiger partial charge in [-0.25, -0.2) is 4.98 Å². The van der Waals surface area contributed by atoms with E-state index in [1.54, 1.807) is 31.4 Å². The zero-order valence-corrected chi connectivity index (χ0v) is 19.4. The molecular formula is C24H20N4O6S. The highest BCUT2D eigenvalue weighted by atomic mass is 32.2. The Morgan fingerprint density at radius 1 is 1.14 bits per heavy atom. The fourth-order valence-corrected chi connectivity index (χ4v) is 4.57. The zero-order valence-electron chi connectivity index (χ0n) is 18.6. The number of nitrogens with one attached hydrogen (secondary N) is 1. The average molecular weight is 493 g/mol. The third kappa shape index (κ3) is 4.58. The second-order valence-corrected chi connectivity index (χ2v) is 8.47. The van der Waals surface area contributed by atoms with Crippen molar-refractivity contribution in [2.24, 2.45) is 0 Å². The maximum Gasteiger partial charge on any atom is 0.271 e. The molecule has 3 aromatic carbocycles. The quantitative estimate of drug-likeness (QED) is 0.229. The molecule has 0 fully saturated rings. The fourth-order valence-electron chi connectivity index (χ4n) is 3.75. The summed E-state index contributed by atoms with van der Waals surface area (Å²) in [5, 5.41) is 14.6. The molecule has 10 nitrogen and oxygen atoms in total. The molecule has 1 aliphatic rings. The number of para-hydroxylation sites is 2. The standard InChI is InChI=1S/C24H20N4O6S/c1-32-20-5-3-2-4-19(20)27-18-8-7-16(28(30)31)13-17(18)26-24(27)35-14-23(29)25-15-6-9-21-22(12-15)34-11-10-33-21/h2-9,12-13H,10-11,14H2,1H3,(H,25,29). The minimum atomic E-state index is -0.463. The van der Waals surface area contributed by atoms with Gasteiger partial charge in [-0.1, -0.05) is 23.9 Å². The van der Waals surface area contributed by atoms with Crippen LogP contribution < -0.4 is 19.5 Å². The fraction of sp³-hybridized carbons (Fsp3) is 0.167. The number of thioether (sulfide) groups is 1. The summed E-state index contributed by atoms with van der Waals surface area (Å²) in [5.41, 5.74) is 2.35. The van der Waals surface area contributed by atoms with Crippen LogP contribution in [0.25, 0.3) is 16.7 Å². The number of fused-ring (bicyclic) bond motifs is 2. The molecule has 1 amide bonds. The predicted octanol–water partition coefficient (Wildman–Crippen LogP) is 4.44. The van der Waals surface area contributed by atoms with E-state index in [4.69, 9.17) is 14.2 Å². The molecule has 5 rings (SSSR count). The van der Waals surface area contributed by atoms with Gasteiger partial charge in [0, 0.05) is 23.9 Å². The number of nitro groups is 1. The first-order valence-electron chi connectivity index (χ1n) is 10.7. The summed E-state index contributed by atoms with van der Waals surface area (Å²) in [6.45, 7) is 0.948. The van der Waals surface area contributed by atoms with E-state index in [0.29, 0.717) is 58.0 Å². The summed E-state index contributed by atoms with van der Waals surface area (Å²) in [6, 6.07) is 17.1. The van der Waals surface area contributed by atoms with Crippen LogP contribution in [0, 0.1) is 10.1 Å². The average Bonchev–Trinajstić information content (AvgIpc) is 3.24. The highest BCUT2D eigenvalue weighted by Gasteiger charge is 2.20. The Hall–Kier alpha value is -4.25. The number of hydrogen-bond acceptors (Lipinski definition) is 8. The topological polar surface area (TPSA) is 118 Å². The lowest BCUT2D eigenvalue weighted by molar-refractivity contribution is -0.384. The molecule has 2 heterocycles. The van der Waals surface area contributed by atoms with Crippen LogP contribution in [0.15, 0.2) is 65.8 Å². The number of aromatic nitrogens is 2. The highest BCUT2D eigenvalue weighted by molar-refractivity contribution is 7.99. The van der Waals surface area contributed by atoms with Gasteiger partial charge < -0.3 is 19.5 Å². The molecule has 1 aromatic heterocycles. The van der Waals surface area contributed by atoms with Gasteiger partial charge in [-0.2, -0.15) is 0 Å². The monoisotopic (exact) mass is 492 g/mol. The second-order valence-electron chi connectivity index (χ2n) is 7.53. The smallest absolute Gasteiger partial charge is 0.271 e. The van der Waals surface area contributed by atoms with E-state index in [2.05, 4.69) is 10.3 Å². The number of non-ortho nitro benzene ring substituents is 1. The van der Waals surface area contributed by atoms with E-state index in [9.17, 15) is 14.9 Å². The lowest BCUT2D eigenvalue weighted by Crippen LogP contribution is -2.17. The van der Waals surface area contributed by atoms with Gasteiger partial charge in [0.1, 0.15) is 19.0 Å². The van der Waals surface area contributed by atoms with Crippen LogP contribution in [0.5, 0.6) is 17.2 Å². The number of nitrogens with zero attached hydrogens (tertiary/aromatic N) is 3. The molecule has 0 spiro atoms. The van der Waals surface area contributed by atoms with Gasteiger partial charge in [0.15, 0.2) is 16.7 Å². The van der Waals surface area contributed by atoms with Crippen LogP contribution in [-0.4, -0.2) is 46.5 Å². The number of ether oxygens (including phenoxy) is 3. The molecule has 11 heteroatoms. The first-order valence-corrected chi connectivity index (χ1v) is 11.6. The first kappa shape index (κ1) is 22.5. The Bertz CT molecular complexity index is 1440. The Morgan fingerprint density at radius 3 is 2.74 bits per heavy atom. The van der Waals surface area contributed by atoms with Crippen molar-refractivity contribution in [3.05, 3.63) is 70.8 Å². The first-order chi connectivity index (χ1) is 17.0. The lowest BCUT2D eigenvalue weighted by atomic mass is 10.2. The highest BCUT2D eigenvalue weighted by Crippen LogP contribution is 2.35. The molecule has 4 aromatic rings. The summed E-state index contributed by atoms with van der Waals surface area (Å²) < 4.78 is 18.4. The van der Waals surface area contributed by atoms with E-state index in [-0.39, 0.29) is 17.3 Å². The van der Waals surface area contributed by atoms with Crippen molar-refractivity contribution in [1.82, 2.24) is 9.55 Å². The number of anilines is 1. The van der Waals surface area contributed by atoms with Crippen molar-refractivity contribution < 1.29 is 23.9 Å². The normalized spacial score (nSPS) is 12.4. The van der Waals surface area contributed by atoms with E-state index in [1.165, 1.54) is 23.9 Å². The summed E-state index contributed by atoms with van der Waals surface area (Å²) in [6.07, 6.45) is 0. The minimum absolute atomic E-state index is 0.0601. The molecule has 0 saturated carbocycles. The van der Waals surface area contributed by atoms with Crippen LogP contribution in [0.2, 0.25) is 0 Å². The van der Waals surface area contributed by atoms with Gasteiger partial charge in [-0.3, -0.25) is 19.5 Å². The number of nitro benzene ring substituents is 1. The third-order valence-electron chi connectivity index (χ3n) is 5.30. The zero-order chi connectivity index (χ0) is 24.4. The number of rotatable bonds is 7. The van der Waals surface area contributed by atoms with Crippen molar-refractivity contribution >= 4 is 40.1 Å². The number of amides is 1. The van der Waals surface area contributed by atoms with Gasteiger partial charge in [0.2, 0.25) is 5.91 Å². The molecule has 0 radical (unpaired) electrons. The van der Waals surface area contributed by atoms with Crippen molar-refractivity contribution in [2.45, 2.75) is 5.16 Å². The van der Waals surface area contributed by atoms with E-state index >= 15 is 0 Å². The SMILES string of the molecule is COc1ccccc1-n1c(SCC(=O)Nc2ccc3c(c2)OCCO3)nc2cc([N+](=O)[O-])ccc21. The minimum Gasteiger partial charge on any atom is -0.495 e. The molecular weight excluding hydrogens is 472 g/mol. The van der Waals surface area contributed by atoms with Crippen molar-refractivity contribution in [3.8, 4) is 22.9 Å². The molecule has 1 aliphatic heterocycles. The van der Waals surface area contributed by atoms with Crippen molar-refractivity contribution in [2.75, 3.05) is 31.4 Å². The Morgan fingerprint density at radius 2 is 1.94 bits per heavy atom. The second kappa shape index (κ2) is 9.55. The Kier molecular flexibility index (Phi) is 6.15. The Labute approximate surface area is 204 Å². The summed E-state index contributed by atoms with van der Waals surface area (Å²) in [7, 11) is 1.57. The van der Waals surface area contributed by atoms with Gasteiger partial charge in [0.25, 0.3) is 5.69 Å². The summed E-state index contributed by atoms with van der Waals surface area (Å²) >= 11 is 1.22.